The van der Waals surface area contributed by atoms with Crippen molar-refractivity contribution < 1.29 is 32.9 Å². The number of nitrogens with two attached hydrogens (primary N) is 1. The molecule has 0 saturated carbocycles. The van der Waals surface area contributed by atoms with Gasteiger partial charge in [0.05, 0.1) is 5.69 Å². The minimum absolute atomic E-state index is 0.106. The number of rotatable bonds is 2. The van der Waals surface area contributed by atoms with Gasteiger partial charge in [-0.2, -0.15) is 0 Å². The van der Waals surface area contributed by atoms with Gasteiger partial charge >= 0.3 is 6.36 Å². The molecule has 1 heterocycles. The number of phenolic OH excluding ortho intramolecular Hbond substituents is 1. The molecule has 4 N–H and O–H groups in total. The van der Waals surface area contributed by atoms with Crippen molar-refractivity contribution in [3.63, 3.8) is 0 Å². The summed E-state index contributed by atoms with van der Waals surface area (Å²) < 4.78 is 40.1. The van der Waals surface area contributed by atoms with Crippen LogP contribution in [-0.4, -0.2) is 28.0 Å². The molecule has 0 unspecified atom stereocenters. The number of hydrogen-bond acceptors (Lipinski definition) is 5. The van der Waals surface area contributed by atoms with Gasteiger partial charge in [0.2, 0.25) is 0 Å². The van der Waals surface area contributed by atoms with E-state index in [-0.39, 0.29) is 23.5 Å². The Morgan fingerprint density at radius 1 is 1.23 bits per heavy atom. The summed E-state index contributed by atoms with van der Waals surface area (Å²) in [7, 11) is 0. The van der Waals surface area contributed by atoms with Crippen molar-refractivity contribution in [3.8, 4) is 22.8 Å². The second-order valence-corrected chi connectivity index (χ2v) is 3.81. The number of carboxylic acid groups (broad SMARTS) is 1. The van der Waals surface area contributed by atoms with E-state index in [9.17, 15) is 18.3 Å². The molecule has 0 amide bonds. The Morgan fingerprint density at radius 3 is 2.41 bits per heavy atom. The van der Waals surface area contributed by atoms with E-state index in [0.29, 0.717) is 5.69 Å². The van der Waals surface area contributed by atoms with Gasteiger partial charge in [0.1, 0.15) is 11.5 Å². The summed E-state index contributed by atoms with van der Waals surface area (Å²) in [4.78, 5) is 12.3. The molecule has 1 aromatic carbocycles. The van der Waals surface area contributed by atoms with Crippen molar-refractivity contribution in [1.82, 2.24) is 4.98 Å². The van der Waals surface area contributed by atoms with E-state index >= 15 is 0 Å². The molecule has 0 fully saturated rings. The van der Waals surface area contributed by atoms with E-state index in [1.165, 1.54) is 18.3 Å². The van der Waals surface area contributed by atoms with Gasteiger partial charge in [0.25, 0.3) is 6.47 Å². The quantitative estimate of drug-likeness (QED) is 0.736. The number of aromatic nitrogens is 1. The number of alkyl halides is 3. The second-order valence-electron chi connectivity index (χ2n) is 3.81. The van der Waals surface area contributed by atoms with Gasteiger partial charge in [-0.15, -0.1) is 13.2 Å². The average Bonchev–Trinajstić information content (AvgIpc) is 2.40. The molecule has 0 saturated heterocycles. The van der Waals surface area contributed by atoms with Gasteiger partial charge in [-0.05, 0) is 30.3 Å². The van der Waals surface area contributed by atoms with Crippen LogP contribution in [0.15, 0.2) is 36.5 Å². The first kappa shape index (κ1) is 17.1. The average molecular weight is 316 g/mol. The number of ether oxygens (including phenoxy) is 1. The standard InChI is InChI=1S/C12H9F3N2O2.CH2O2/c13-12(14,15)19-8-1-2-11(18)9(6-8)10-5-7(16)3-4-17-10;2-1-3/h1-6,18H,(H2,16,17);1H,(H,2,3). The number of pyridine rings is 1. The van der Waals surface area contributed by atoms with E-state index in [1.807, 2.05) is 0 Å². The predicted molar refractivity (Wildman–Crippen MR) is 71.1 cm³/mol. The first-order valence-corrected chi connectivity index (χ1v) is 5.65. The molecule has 0 atom stereocenters. The van der Waals surface area contributed by atoms with Crippen LogP contribution in [0, 0.1) is 0 Å². The molecular weight excluding hydrogens is 305 g/mol. The van der Waals surface area contributed by atoms with Crippen molar-refractivity contribution in [1.29, 1.82) is 0 Å². The highest BCUT2D eigenvalue weighted by Crippen LogP contribution is 2.34. The summed E-state index contributed by atoms with van der Waals surface area (Å²) in [5.74, 6) is -0.655. The summed E-state index contributed by atoms with van der Waals surface area (Å²) in [6.45, 7) is -0.250. The van der Waals surface area contributed by atoms with Crippen LogP contribution < -0.4 is 10.5 Å². The van der Waals surface area contributed by atoms with Crippen molar-refractivity contribution >= 4 is 12.2 Å². The smallest absolute Gasteiger partial charge is 0.507 e. The van der Waals surface area contributed by atoms with E-state index in [0.717, 1.165) is 18.2 Å². The SMILES string of the molecule is Nc1ccnc(-c2cc(OC(F)(F)F)ccc2O)c1.O=CO. The van der Waals surface area contributed by atoms with Crippen LogP contribution in [0.25, 0.3) is 11.3 Å². The van der Waals surface area contributed by atoms with Crippen LogP contribution in [0.3, 0.4) is 0 Å². The highest BCUT2D eigenvalue weighted by Gasteiger charge is 2.31. The Kier molecular flexibility index (Phi) is 5.56. The van der Waals surface area contributed by atoms with Gasteiger partial charge < -0.3 is 20.7 Å². The third-order valence-corrected chi connectivity index (χ3v) is 2.26. The lowest BCUT2D eigenvalue weighted by atomic mass is 10.1. The molecule has 0 bridgehead atoms. The Hall–Kier alpha value is -2.97. The van der Waals surface area contributed by atoms with Crippen molar-refractivity contribution in [2.45, 2.75) is 6.36 Å². The number of anilines is 1. The molecule has 1 aromatic heterocycles. The van der Waals surface area contributed by atoms with Gasteiger partial charge in [0.15, 0.2) is 0 Å². The molecule has 0 aliphatic heterocycles. The van der Waals surface area contributed by atoms with Crippen LogP contribution in [-0.2, 0) is 4.79 Å². The molecule has 118 valence electrons. The number of carbonyl (C=O) groups is 1. The van der Waals surface area contributed by atoms with E-state index in [2.05, 4.69) is 9.72 Å². The first-order chi connectivity index (χ1) is 10.3. The third kappa shape index (κ3) is 5.19. The highest BCUT2D eigenvalue weighted by atomic mass is 19.4. The zero-order valence-electron chi connectivity index (χ0n) is 10.9. The summed E-state index contributed by atoms with van der Waals surface area (Å²) in [6, 6.07) is 6.12. The molecule has 2 aromatic rings. The fourth-order valence-corrected chi connectivity index (χ4v) is 1.51. The normalized spacial score (nSPS) is 10.3. The Balaban J connectivity index is 0.000000745. The zero-order chi connectivity index (χ0) is 16.8. The Morgan fingerprint density at radius 2 is 1.86 bits per heavy atom. The number of aromatic hydroxyl groups is 1. The van der Waals surface area contributed by atoms with Crippen LogP contribution in [0.4, 0.5) is 18.9 Å². The largest absolute Gasteiger partial charge is 0.573 e. The van der Waals surface area contributed by atoms with Gasteiger partial charge in [-0.1, -0.05) is 0 Å². The van der Waals surface area contributed by atoms with Gasteiger partial charge in [0, 0.05) is 17.4 Å². The first-order valence-electron chi connectivity index (χ1n) is 5.65. The summed E-state index contributed by atoms with van der Waals surface area (Å²) >= 11 is 0. The van der Waals surface area contributed by atoms with Crippen LogP contribution in [0.5, 0.6) is 11.5 Å². The maximum absolute atomic E-state index is 12.1. The minimum Gasteiger partial charge on any atom is -0.507 e. The maximum Gasteiger partial charge on any atom is 0.573 e. The van der Waals surface area contributed by atoms with E-state index in [4.69, 9.17) is 15.6 Å². The monoisotopic (exact) mass is 316 g/mol. The summed E-state index contributed by atoms with van der Waals surface area (Å²) in [5.41, 5.74) is 6.29. The van der Waals surface area contributed by atoms with Crippen LogP contribution in [0.2, 0.25) is 0 Å². The molecule has 22 heavy (non-hydrogen) atoms. The van der Waals surface area contributed by atoms with Crippen molar-refractivity contribution in [2.24, 2.45) is 0 Å². The summed E-state index contributed by atoms with van der Waals surface area (Å²) in [5, 5.41) is 16.5. The lowest BCUT2D eigenvalue weighted by molar-refractivity contribution is -0.274. The number of hydrogen-bond donors (Lipinski definition) is 3. The number of nitrogens with zero attached hydrogens (tertiary/aromatic N) is 1. The lowest BCUT2D eigenvalue weighted by Gasteiger charge is -2.11. The zero-order valence-corrected chi connectivity index (χ0v) is 10.9. The number of halogens is 3. The number of nitrogen functional groups attached to an aromatic ring is 1. The van der Waals surface area contributed by atoms with E-state index < -0.39 is 12.1 Å². The number of benzene rings is 1. The van der Waals surface area contributed by atoms with Crippen molar-refractivity contribution in [2.75, 3.05) is 5.73 Å². The maximum atomic E-state index is 12.1. The Labute approximate surface area is 122 Å². The fourth-order valence-electron chi connectivity index (χ4n) is 1.51. The molecule has 0 aliphatic rings. The molecule has 6 nitrogen and oxygen atoms in total. The summed E-state index contributed by atoms with van der Waals surface area (Å²) in [6.07, 6.45) is -3.40. The second kappa shape index (κ2) is 7.16. The Bertz CT molecular complexity index is 647. The minimum atomic E-state index is -4.79. The van der Waals surface area contributed by atoms with Crippen LogP contribution >= 0.6 is 0 Å². The van der Waals surface area contributed by atoms with Gasteiger partial charge in [-0.3, -0.25) is 9.78 Å². The molecule has 0 aliphatic carbocycles. The topological polar surface area (TPSA) is 106 Å². The highest BCUT2D eigenvalue weighted by molar-refractivity contribution is 5.70. The predicted octanol–water partition coefficient (Wildman–Crippen LogP) is 2.64. The molecule has 2 rings (SSSR count). The molecular formula is C13H11F3N2O4. The molecule has 9 heteroatoms. The van der Waals surface area contributed by atoms with Crippen LogP contribution in [0.1, 0.15) is 0 Å². The number of phenols is 1. The van der Waals surface area contributed by atoms with E-state index in [1.54, 1.807) is 0 Å². The molecule has 0 radical (unpaired) electrons. The molecule has 0 spiro atoms. The fraction of sp³-hybridized carbons (Fsp3) is 0.0769. The van der Waals surface area contributed by atoms with Gasteiger partial charge in [-0.25, -0.2) is 0 Å². The lowest BCUT2D eigenvalue weighted by Crippen LogP contribution is -2.17. The van der Waals surface area contributed by atoms with Crippen molar-refractivity contribution in [3.05, 3.63) is 36.5 Å². The third-order valence-electron chi connectivity index (χ3n) is 2.26.